The van der Waals surface area contributed by atoms with Crippen LogP contribution < -0.4 is 24.8 Å². The molecule has 2 aromatic carbocycles. The van der Waals surface area contributed by atoms with Gasteiger partial charge in [0, 0.05) is 36.8 Å². The molecule has 3 rings (SSSR count). The van der Waals surface area contributed by atoms with E-state index in [2.05, 4.69) is 20.8 Å². The first-order valence-corrected chi connectivity index (χ1v) is 11.1. The number of aromatic nitrogens is 1. The molecule has 0 spiro atoms. The van der Waals surface area contributed by atoms with E-state index in [1.807, 2.05) is 38.1 Å². The minimum atomic E-state index is -0.610. The number of hydrogen-bond donors (Lipinski definition) is 1. The quantitative estimate of drug-likeness (QED) is 0.465. The highest BCUT2D eigenvalue weighted by molar-refractivity contribution is 6.00. The van der Waals surface area contributed by atoms with Crippen LogP contribution in [0.1, 0.15) is 43.6 Å². The molecule has 184 valence electrons. The zero-order valence-electron chi connectivity index (χ0n) is 21.2. The molecule has 0 aliphatic heterocycles. The smallest absolute Gasteiger partial charge is 0.197 e. The number of ketones is 1. The number of hydrogen-bond acceptors (Lipinski definition) is 6. The monoisotopic (exact) mass is 471 g/mol. The minimum absolute atomic E-state index is 0.00859. The van der Waals surface area contributed by atoms with E-state index in [0.29, 0.717) is 23.3 Å². The molecule has 8 heteroatoms. The lowest BCUT2D eigenvalue weighted by Gasteiger charge is -2.27. The second kappa shape index (κ2) is 9.44. The minimum Gasteiger partial charge on any atom is -0.494 e. The number of anilines is 2. The number of nitrogen functional groups attached to an aromatic ring is 1. The van der Waals surface area contributed by atoms with Crippen molar-refractivity contribution in [2.24, 2.45) is 0 Å². The fourth-order valence-corrected chi connectivity index (χ4v) is 4.08. The molecule has 1 aromatic heterocycles. The standard InChI is InChI=1S/C26H34FN3O4/c1-9-34-20-12-16-13-30(25(28)21(16)22(27)24(20)33-8)14-19(31)15-10-17(26(2,3)4)23(32-7)18(11-15)29(5)6/h10-13H,9,14,28H2,1-8H3. The molecule has 1 heterocycles. The van der Waals surface area contributed by atoms with Crippen molar-refractivity contribution < 1.29 is 23.4 Å². The molecule has 0 saturated carbocycles. The van der Waals surface area contributed by atoms with E-state index in [4.69, 9.17) is 19.9 Å². The van der Waals surface area contributed by atoms with Gasteiger partial charge in [-0.15, -0.1) is 0 Å². The second-order valence-electron chi connectivity index (χ2n) is 9.41. The first kappa shape index (κ1) is 25.2. The Morgan fingerprint density at radius 1 is 1.12 bits per heavy atom. The van der Waals surface area contributed by atoms with Gasteiger partial charge < -0.3 is 29.4 Å². The van der Waals surface area contributed by atoms with Crippen LogP contribution in [-0.4, -0.2) is 45.3 Å². The van der Waals surface area contributed by atoms with Gasteiger partial charge in [-0.05, 0) is 30.5 Å². The Balaban J connectivity index is 2.09. The third-order valence-corrected chi connectivity index (χ3v) is 5.78. The van der Waals surface area contributed by atoms with Crippen LogP contribution in [0, 0.1) is 5.82 Å². The van der Waals surface area contributed by atoms with Gasteiger partial charge in [-0.3, -0.25) is 4.79 Å². The van der Waals surface area contributed by atoms with E-state index >= 15 is 4.39 Å². The Labute approximate surface area is 200 Å². The van der Waals surface area contributed by atoms with Crippen molar-refractivity contribution >= 4 is 28.1 Å². The molecule has 3 aromatic rings. The zero-order valence-corrected chi connectivity index (χ0v) is 21.2. The average Bonchev–Trinajstić information content (AvgIpc) is 3.07. The van der Waals surface area contributed by atoms with Crippen molar-refractivity contribution in [2.75, 3.05) is 45.6 Å². The molecule has 0 radical (unpaired) electrons. The molecule has 0 atom stereocenters. The number of nitrogens with zero attached hydrogens (tertiary/aromatic N) is 2. The van der Waals surface area contributed by atoms with Crippen LogP contribution in [0.2, 0.25) is 0 Å². The number of nitrogens with two attached hydrogens (primary N) is 1. The lowest BCUT2D eigenvalue weighted by Crippen LogP contribution is -2.20. The van der Waals surface area contributed by atoms with Gasteiger partial charge in [-0.25, -0.2) is 4.39 Å². The number of ether oxygens (including phenoxy) is 3. The maximum Gasteiger partial charge on any atom is 0.197 e. The number of carbonyl (C=O) groups excluding carboxylic acids is 1. The van der Waals surface area contributed by atoms with E-state index < -0.39 is 5.82 Å². The summed E-state index contributed by atoms with van der Waals surface area (Å²) in [4.78, 5) is 15.3. The lowest BCUT2D eigenvalue weighted by atomic mass is 9.84. The Bertz CT molecular complexity index is 1230. The van der Waals surface area contributed by atoms with Gasteiger partial charge in [0.1, 0.15) is 11.6 Å². The molecule has 7 nitrogen and oxygen atoms in total. The fourth-order valence-electron chi connectivity index (χ4n) is 4.08. The van der Waals surface area contributed by atoms with Crippen molar-refractivity contribution in [3.05, 3.63) is 41.3 Å². The number of fused-ring (bicyclic) bond motifs is 1. The second-order valence-corrected chi connectivity index (χ2v) is 9.41. The number of carbonyl (C=O) groups is 1. The highest BCUT2D eigenvalue weighted by atomic mass is 19.1. The summed E-state index contributed by atoms with van der Waals surface area (Å²) in [6.07, 6.45) is 1.66. The van der Waals surface area contributed by atoms with Gasteiger partial charge >= 0.3 is 0 Å². The molecule has 0 fully saturated rings. The van der Waals surface area contributed by atoms with Gasteiger partial charge in [0.2, 0.25) is 0 Å². The van der Waals surface area contributed by atoms with Gasteiger partial charge in [-0.1, -0.05) is 20.8 Å². The van der Waals surface area contributed by atoms with Crippen molar-refractivity contribution in [1.82, 2.24) is 4.57 Å². The van der Waals surface area contributed by atoms with Crippen LogP contribution in [0.4, 0.5) is 15.9 Å². The van der Waals surface area contributed by atoms with Crippen LogP contribution in [-0.2, 0) is 12.0 Å². The summed E-state index contributed by atoms with van der Waals surface area (Å²) in [5, 5.41) is 0.735. The maximum atomic E-state index is 15.2. The van der Waals surface area contributed by atoms with E-state index in [9.17, 15) is 4.79 Å². The molecular weight excluding hydrogens is 437 g/mol. The van der Waals surface area contributed by atoms with Crippen LogP contribution >= 0.6 is 0 Å². The predicted molar refractivity (Wildman–Crippen MR) is 134 cm³/mol. The lowest BCUT2D eigenvalue weighted by molar-refractivity contribution is 0.0973. The molecule has 2 N–H and O–H groups in total. The number of methoxy groups -OCH3 is 2. The van der Waals surface area contributed by atoms with Crippen LogP contribution in [0.25, 0.3) is 10.8 Å². The molecule has 0 saturated heterocycles. The van der Waals surface area contributed by atoms with Gasteiger partial charge in [-0.2, -0.15) is 0 Å². The summed E-state index contributed by atoms with van der Waals surface area (Å²) in [6, 6.07) is 5.35. The van der Waals surface area contributed by atoms with E-state index in [1.165, 1.54) is 7.11 Å². The molecule has 0 amide bonds. The highest BCUT2D eigenvalue weighted by Gasteiger charge is 2.26. The molecule has 0 aliphatic carbocycles. The average molecular weight is 472 g/mol. The number of rotatable bonds is 8. The van der Waals surface area contributed by atoms with Gasteiger partial charge in [0.15, 0.2) is 23.1 Å². The number of benzene rings is 2. The molecule has 0 bridgehead atoms. The van der Waals surface area contributed by atoms with Crippen LogP contribution in [0.5, 0.6) is 17.2 Å². The molecule has 0 aliphatic rings. The Hall–Kier alpha value is -3.42. The largest absolute Gasteiger partial charge is 0.494 e. The first-order chi connectivity index (χ1) is 15.9. The van der Waals surface area contributed by atoms with Crippen molar-refractivity contribution in [3.63, 3.8) is 0 Å². The van der Waals surface area contributed by atoms with Crippen LogP contribution in [0.3, 0.4) is 0 Å². The predicted octanol–water partition coefficient (Wildman–Crippen LogP) is 5.02. The van der Waals surface area contributed by atoms with Crippen LogP contribution in [0.15, 0.2) is 24.4 Å². The third-order valence-electron chi connectivity index (χ3n) is 5.78. The van der Waals surface area contributed by atoms with Crippen molar-refractivity contribution in [1.29, 1.82) is 0 Å². The van der Waals surface area contributed by atoms with E-state index in [0.717, 1.165) is 17.0 Å². The zero-order chi connectivity index (χ0) is 25.4. The number of halogens is 1. The SMILES string of the molecule is CCOc1cc2cn(CC(=O)c3cc(N(C)C)c(OC)c(C(C)(C)C)c3)c(N)c2c(F)c1OC. The third kappa shape index (κ3) is 4.49. The highest BCUT2D eigenvalue weighted by Crippen LogP contribution is 2.41. The van der Waals surface area contributed by atoms with Gasteiger partial charge in [0.05, 0.1) is 38.4 Å². The number of Topliss-reactive ketones (excluding diaryl/α,β-unsaturated/α-hetero) is 1. The molecular formula is C26H34FN3O4. The summed E-state index contributed by atoms with van der Waals surface area (Å²) in [6.45, 7) is 8.33. The van der Waals surface area contributed by atoms with Crippen molar-refractivity contribution in [2.45, 2.75) is 39.7 Å². The summed E-state index contributed by atoms with van der Waals surface area (Å²) < 4.78 is 33.2. The topological polar surface area (TPSA) is 79.0 Å². The fraction of sp³-hybridized carbons (Fsp3) is 0.423. The first-order valence-electron chi connectivity index (χ1n) is 11.1. The Kier molecular flexibility index (Phi) is 7.00. The summed E-state index contributed by atoms with van der Waals surface area (Å²) >= 11 is 0. The Morgan fingerprint density at radius 2 is 1.76 bits per heavy atom. The molecule has 34 heavy (non-hydrogen) atoms. The normalized spacial score (nSPS) is 11.6. The summed E-state index contributed by atoms with van der Waals surface area (Å²) in [7, 11) is 6.81. The Morgan fingerprint density at radius 3 is 2.29 bits per heavy atom. The molecule has 0 unspecified atom stereocenters. The summed E-state index contributed by atoms with van der Waals surface area (Å²) in [5.74, 6) is 0.407. The van der Waals surface area contributed by atoms with Crippen molar-refractivity contribution in [3.8, 4) is 17.2 Å². The maximum absolute atomic E-state index is 15.2. The van der Waals surface area contributed by atoms with E-state index in [1.54, 1.807) is 23.9 Å². The summed E-state index contributed by atoms with van der Waals surface area (Å²) in [5.41, 5.74) is 8.29. The van der Waals surface area contributed by atoms with E-state index in [-0.39, 0.29) is 34.7 Å². The van der Waals surface area contributed by atoms with Gasteiger partial charge in [0.25, 0.3) is 0 Å².